The molecule has 0 amide bonds. The molecule has 0 saturated carbocycles. The van der Waals surface area contributed by atoms with Crippen molar-refractivity contribution < 1.29 is 0 Å². The molecule has 0 N–H and O–H groups in total. The van der Waals surface area contributed by atoms with Crippen molar-refractivity contribution in [1.82, 2.24) is 0 Å². The molecule has 0 unspecified atom stereocenters. The van der Waals surface area contributed by atoms with E-state index >= 15 is 0 Å². The molecule has 0 spiro atoms. The molecule has 0 fully saturated rings. The van der Waals surface area contributed by atoms with Gasteiger partial charge in [-0.2, -0.15) is 0 Å². The second kappa shape index (κ2) is 6.44. The molecule has 84 valence electrons. The Labute approximate surface area is 95.1 Å². The van der Waals surface area contributed by atoms with Crippen molar-refractivity contribution in [3.8, 4) is 0 Å². The minimum absolute atomic E-state index is 0.692. The average molecular weight is 204 g/mol. The average Bonchev–Trinajstić information content (AvgIpc) is 2.10. The third kappa shape index (κ3) is 6.11. The van der Waals surface area contributed by atoms with Gasteiger partial charge >= 0.3 is 0 Å². The molecular weight excluding hydrogens is 180 g/mol. The van der Waals surface area contributed by atoms with Crippen LogP contribution in [0.3, 0.4) is 0 Å². The minimum atomic E-state index is 0.692. The van der Waals surface area contributed by atoms with Crippen LogP contribution in [0.1, 0.15) is 41.0 Å². The van der Waals surface area contributed by atoms with Gasteiger partial charge in [0, 0.05) is 0 Å². The Morgan fingerprint density at radius 1 is 1.07 bits per heavy atom. The second-order valence-corrected chi connectivity index (χ2v) is 4.76. The van der Waals surface area contributed by atoms with Crippen LogP contribution in [0.4, 0.5) is 0 Å². The van der Waals surface area contributed by atoms with E-state index in [2.05, 4.69) is 53.0 Å². The van der Waals surface area contributed by atoms with Crippen LogP contribution in [0, 0.1) is 5.92 Å². The molecule has 0 nitrogen and oxygen atoms in total. The molecule has 0 aliphatic rings. The number of hydrogen-bond donors (Lipinski definition) is 0. The van der Waals surface area contributed by atoms with Crippen molar-refractivity contribution in [3.05, 3.63) is 47.6 Å². The van der Waals surface area contributed by atoms with E-state index in [-0.39, 0.29) is 0 Å². The normalized spacial score (nSPS) is 10.8. The zero-order valence-corrected chi connectivity index (χ0v) is 10.9. The van der Waals surface area contributed by atoms with Gasteiger partial charge < -0.3 is 0 Å². The quantitative estimate of drug-likeness (QED) is 0.549. The summed E-state index contributed by atoms with van der Waals surface area (Å²) in [6.07, 6.45) is 5.36. The zero-order valence-electron chi connectivity index (χ0n) is 10.9. The predicted octanol–water partition coefficient (Wildman–Crippen LogP) is 5.06. The van der Waals surface area contributed by atoms with E-state index < -0.39 is 0 Å². The molecular formula is C15H24. The van der Waals surface area contributed by atoms with Gasteiger partial charge in [0.15, 0.2) is 0 Å². The smallest absolute Gasteiger partial charge is 0.0256 e. The molecule has 0 aliphatic heterocycles. The molecule has 0 saturated heterocycles. The highest BCUT2D eigenvalue weighted by atomic mass is 14.1. The summed E-state index contributed by atoms with van der Waals surface area (Å²) >= 11 is 0. The fourth-order valence-electron chi connectivity index (χ4n) is 1.22. The number of hydrogen-bond acceptors (Lipinski definition) is 0. The van der Waals surface area contributed by atoms with Crippen molar-refractivity contribution >= 4 is 0 Å². The Kier molecular flexibility index (Phi) is 6.00. The first-order valence-corrected chi connectivity index (χ1v) is 5.53. The van der Waals surface area contributed by atoms with Crippen molar-refractivity contribution in [2.75, 3.05) is 0 Å². The van der Waals surface area contributed by atoms with Crippen LogP contribution in [0.25, 0.3) is 0 Å². The highest BCUT2D eigenvalue weighted by Gasteiger charge is 2.00. The number of allylic oxidation sites excluding steroid dienone is 6. The molecule has 0 atom stereocenters. The van der Waals surface area contributed by atoms with Crippen LogP contribution in [0.5, 0.6) is 0 Å². The van der Waals surface area contributed by atoms with Gasteiger partial charge in [-0.15, -0.1) is 0 Å². The fourth-order valence-corrected chi connectivity index (χ4v) is 1.22. The molecule has 0 aromatic heterocycles. The molecule has 0 rings (SSSR count). The first kappa shape index (κ1) is 14.0. The minimum Gasteiger partial charge on any atom is -0.0955 e. The van der Waals surface area contributed by atoms with Gasteiger partial charge in [-0.25, -0.2) is 0 Å². The van der Waals surface area contributed by atoms with E-state index in [1.807, 2.05) is 6.92 Å². The standard InChI is InChI=1S/C15H24/c1-11(2)10-15(13(5)6)9-8-14(7)12(3)4/h8-9,11H,3,7,10H2,1-2,4-6H3/b9-8-. The van der Waals surface area contributed by atoms with Gasteiger partial charge in [0.2, 0.25) is 0 Å². The highest BCUT2D eigenvalue weighted by Crippen LogP contribution is 2.17. The lowest BCUT2D eigenvalue weighted by Gasteiger charge is -2.08. The van der Waals surface area contributed by atoms with Crippen molar-refractivity contribution in [2.24, 2.45) is 5.92 Å². The lowest BCUT2D eigenvalue weighted by molar-refractivity contribution is 0.646. The summed E-state index contributed by atoms with van der Waals surface area (Å²) in [5.41, 5.74) is 4.84. The van der Waals surface area contributed by atoms with Gasteiger partial charge in [-0.3, -0.25) is 0 Å². The van der Waals surface area contributed by atoms with Crippen molar-refractivity contribution in [1.29, 1.82) is 0 Å². The first-order valence-electron chi connectivity index (χ1n) is 5.53. The molecule has 0 aromatic carbocycles. The summed E-state index contributed by atoms with van der Waals surface area (Å²) in [6, 6.07) is 0. The third-order valence-electron chi connectivity index (χ3n) is 2.30. The molecule has 0 aromatic rings. The molecule has 0 radical (unpaired) electrons. The summed E-state index contributed by atoms with van der Waals surface area (Å²) in [5.74, 6) is 0.692. The summed E-state index contributed by atoms with van der Waals surface area (Å²) in [6.45, 7) is 18.6. The van der Waals surface area contributed by atoms with Crippen LogP contribution in [-0.4, -0.2) is 0 Å². The molecule has 0 bridgehead atoms. The Morgan fingerprint density at radius 3 is 1.93 bits per heavy atom. The van der Waals surface area contributed by atoms with E-state index in [0.29, 0.717) is 5.92 Å². The molecule has 0 heteroatoms. The highest BCUT2D eigenvalue weighted by molar-refractivity contribution is 5.38. The molecule has 15 heavy (non-hydrogen) atoms. The van der Waals surface area contributed by atoms with E-state index in [0.717, 1.165) is 17.6 Å². The Balaban J connectivity index is 4.65. The van der Waals surface area contributed by atoms with Crippen molar-refractivity contribution in [2.45, 2.75) is 41.0 Å². The second-order valence-electron chi connectivity index (χ2n) is 4.76. The van der Waals surface area contributed by atoms with Crippen LogP contribution in [0.2, 0.25) is 0 Å². The van der Waals surface area contributed by atoms with Gasteiger partial charge in [0.1, 0.15) is 0 Å². The maximum absolute atomic E-state index is 3.96. The van der Waals surface area contributed by atoms with E-state index in [4.69, 9.17) is 0 Å². The maximum atomic E-state index is 3.96. The van der Waals surface area contributed by atoms with E-state index in [1.165, 1.54) is 11.1 Å². The molecule has 0 aliphatic carbocycles. The van der Waals surface area contributed by atoms with Crippen LogP contribution >= 0.6 is 0 Å². The summed E-state index contributed by atoms with van der Waals surface area (Å²) in [7, 11) is 0. The topological polar surface area (TPSA) is 0 Å². The zero-order chi connectivity index (χ0) is 12.0. The van der Waals surface area contributed by atoms with Crippen LogP contribution < -0.4 is 0 Å². The summed E-state index contributed by atoms with van der Waals surface area (Å²) < 4.78 is 0. The maximum Gasteiger partial charge on any atom is -0.0256 e. The predicted molar refractivity (Wildman–Crippen MR) is 70.9 cm³/mol. The number of rotatable bonds is 5. The van der Waals surface area contributed by atoms with E-state index in [9.17, 15) is 0 Å². The van der Waals surface area contributed by atoms with Crippen LogP contribution in [0.15, 0.2) is 47.6 Å². The van der Waals surface area contributed by atoms with Gasteiger partial charge in [-0.05, 0) is 44.3 Å². The third-order valence-corrected chi connectivity index (χ3v) is 2.30. The van der Waals surface area contributed by atoms with Gasteiger partial charge in [0.05, 0.1) is 0 Å². The first-order chi connectivity index (χ1) is 6.84. The van der Waals surface area contributed by atoms with Crippen molar-refractivity contribution in [3.63, 3.8) is 0 Å². The van der Waals surface area contributed by atoms with Gasteiger partial charge in [-0.1, -0.05) is 50.3 Å². The Hall–Kier alpha value is -1.04. The van der Waals surface area contributed by atoms with Crippen LogP contribution in [-0.2, 0) is 0 Å². The lowest BCUT2D eigenvalue weighted by atomic mass is 9.98. The monoisotopic (exact) mass is 204 g/mol. The molecule has 0 heterocycles. The Morgan fingerprint density at radius 2 is 1.60 bits per heavy atom. The van der Waals surface area contributed by atoms with E-state index in [1.54, 1.807) is 0 Å². The fraction of sp³-hybridized carbons (Fsp3) is 0.467. The summed E-state index contributed by atoms with van der Waals surface area (Å²) in [4.78, 5) is 0. The SMILES string of the molecule is C=C(C)C(=C)/C=C\C(CC(C)C)=C(C)C. The lowest BCUT2D eigenvalue weighted by Crippen LogP contribution is -1.91. The Bertz CT molecular complexity index is 294. The largest absolute Gasteiger partial charge is 0.0955 e. The van der Waals surface area contributed by atoms with Gasteiger partial charge in [0.25, 0.3) is 0 Å². The summed E-state index contributed by atoms with van der Waals surface area (Å²) in [5, 5.41) is 0.